The number of nitrogens with zero attached hydrogens (tertiary/aromatic N) is 3. The van der Waals surface area contributed by atoms with E-state index < -0.39 is 5.97 Å². The molecule has 25 heavy (non-hydrogen) atoms. The van der Waals surface area contributed by atoms with Gasteiger partial charge in [-0.15, -0.1) is 11.3 Å². The molecule has 0 amide bonds. The fraction of sp³-hybridized carbons (Fsp3) is 0.316. The topological polar surface area (TPSA) is 68.0 Å². The number of aromatic carboxylic acids is 1. The van der Waals surface area contributed by atoms with E-state index in [0.29, 0.717) is 22.9 Å². The van der Waals surface area contributed by atoms with Crippen molar-refractivity contribution in [3.8, 4) is 10.7 Å². The van der Waals surface area contributed by atoms with Crippen molar-refractivity contribution in [1.29, 1.82) is 0 Å². The molecule has 0 aliphatic rings. The van der Waals surface area contributed by atoms with E-state index in [1.165, 1.54) is 11.1 Å². The van der Waals surface area contributed by atoms with Gasteiger partial charge in [0.1, 0.15) is 15.6 Å². The Morgan fingerprint density at radius 2 is 1.88 bits per heavy atom. The molecule has 5 nitrogen and oxygen atoms in total. The number of rotatable bonds is 4. The number of carbonyl (C=O) groups is 1. The second-order valence-corrected chi connectivity index (χ2v) is 8.08. The van der Waals surface area contributed by atoms with Gasteiger partial charge in [-0.2, -0.15) is 5.10 Å². The molecule has 3 rings (SSSR count). The third-order valence-corrected chi connectivity index (χ3v) is 5.18. The molecule has 3 aromatic rings. The molecule has 0 atom stereocenters. The summed E-state index contributed by atoms with van der Waals surface area (Å²) in [5, 5.41) is 14.3. The van der Waals surface area contributed by atoms with Crippen LogP contribution in [0.25, 0.3) is 10.7 Å². The lowest BCUT2D eigenvalue weighted by Crippen LogP contribution is -2.11. The summed E-state index contributed by atoms with van der Waals surface area (Å²) in [7, 11) is 0. The second kappa shape index (κ2) is 6.44. The van der Waals surface area contributed by atoms with Crippen LogP contribution in [0.15, 0.2) is 36.5 Å². The van der Waals surface area contributed by atoms with Crippen LogP contribution in [0.3, 0.4) is 0 Å². The minimum atomic E-state index is -0.945. The highest BCUT2D eigenvalue weighted by Gasteiger charge is 2.17. The van der Waals surface area contributed by atoms with Crippen molar-refractivity contribution in [3.63, 3.8) is 0 Å². The van der Waals surface area contributed by atoms with E-state index in [1.807, 2.05) is 16.9 Å². The minimum Gasteiger partial charge on any atom is -0.477 e. The molecule has 130 valence electrons. The van der Waals surface area contributed by atoms with Crippen molar-refractivity contribution in [2.24, 2.45) is 0 Å². The average molecular weight is 355 g/mol. The van der Waals surface area contributed by atoms with Crippen molar-refractivity contribution in [3.05, 3.63) is 58.2 Å². The molecule has 0 saturated carbocycles. The Kier molecular flexibility index (Phi) is 4.47. The molecule has 0 saturated heterocycles. The van der Waals surface area contributed by atoms with Crippen molar-refractivity contribution in [1.82, 2.24) is 14.8 Å². The molecular formula is C19H21N3O2S. The lowest BCUT2D eigenvalue weighted by Gasteiger charge is -2.19. The first-order valence-corrected chi connectivity index (χ1v) is 8.89. The zero-order valence-electron chi connectivity index (χ0n) is 14.8. The molecule has 0 fully saturated rings. The van der Waals surface area contributed by atoms with E-state index in [1.54, 1.807) is 6.92 Å². The van der Waals surface area contributed by atoms with Gasteiger partial charge in [0, 0.05) is 6.20 Å². The van der Waals surface area contributed by atoms with Crippen molar-refractivity contribution >= 4 is 17.3 Å². The first kappa shape index (κ1) is 17.4. The van der Waals surface area contributed by atoms with Gasteiger partial charge in [-0.3, -0.25) is 4.68 Å². The van der Waals surface area contributed by atoms with Crippen LogP contribution in [0.2, 0.25) is 0 Å². The standard InChI is InChI=1S/C19H21N3O2S/c1-12-16(18(23)24)25-17(20-12)15-9-10-22(21-15)11-13-5-7-14(8-6-13)19(2,3)4/h5-10H,11H2,1-4H3,(H,23,24). The Labute approximate surface area is 151 Å². The predicted octanol–water partition coefficient (Wildman–Crippen LogP) is 4.36. The van der Waals surface area contributed by atoms with Crippen LogP contribution >= 0.6 is 11.3 Å². The highest BCUT2D eigenvalue weighted by atomic mass is 32.1. The summed E-state index contributed by atoms with van der Waals surface area (Å²) in [5.41, 5.74) is 3.84. The fourth-order valence-corrected chi connectivity index (χ4v) is 3.44. The minimum absolute atomic E-state index is 0.141. The summed E-state index contributed by atoms with van der Waals surface area (Å²) >= 11 is 1.16. The van der Waals surface area contributed by atoms with Gasteiger partial charge in [-0.05, 0) is 29.5 Å². The summed E-state index contributed by atoms with van der Waals surface area (Å²) in [5.74, 6) is -0.945. The fourth-order valence-electron chi connectivity index (χ4n) is 2.57. The molecule has 2 heterocycles. The summed E-state index contributed by atoms with van der Waals surface area (Å²) in [6, 6.07) is 10.4. The maximum absolute atomic E-state index is 11.2. The highest BCUT2D eigenvalue weighted by Crippen LogP contribution is 2.27. The van der Waals surface area contributed by atoms with Crippen LogP contribution in [0.4, 0.5) is 0 Å². The van der Waals surface area contributed by atoms with Crippen LogP contribution in [0.5, 0.6) is 0 Å². The van der Waals surface area contributed by atoms with E-state index in [4.69, 9.17) is 5.11 Å². The Balaban J connectivity index is 1.78. The van der Waals surface area contributed by atoms with Gasteiger partial charge >= 0.3 is 5.97 Å². The largest absolute Gasteiger partial charge is 0.477 e. The molecule has 0 bridgehead atoms. The molecule has 1 N–H and O–H groups in total. The first-order valence-electron chi connectivity index (χ1n) is 8.08. The quantitative estimate of drug-likeness (QED) is 0.755. The van der Waals surface area contributed by atoms with Gasteiger partial charge in [-0.25, -0.2) is 9.78 Å². The van der Waals surface area contributed by atoms with Gasteiger partial charge in [0.15, 0.2) is 0 Å². The average Bonchev–Trinajstić information content (AvgIpc) is 3.13. The van der Waals surface area contributed by atoms with Crippen LogP contribution in [0.1, 0.15) is 47.3 Å². The molecule has 0 aliphatic heterocycles. The molecular weight excluding hydrogens is 334 g/mol. The number of aryl methyl sites for hydroxylation is 1. The zero-order valence-corrected chi connectivity index (χ0v) is 15.6. The SMILES string of the molecule is Cc1nc(-c2ccn(Cc3ccc(C(C)(C)C)cc3)n2)sc1C(=O)O. The van der Waals surface area contributed by atoms with Crippen LogP contribution in [-0.4, -0.2) is 25.8 Å². The molecule has 0 aliphatic carbocycles. The van der Waals surface area contributed by atoms with Gasteiger partial charge in [-0.1, -0.05) is 45.0 Å². The van der Waals surface area contributed by atoms with E-state index in [-0.39, 0.29) is 10.3 Å². The normalized spacial score (nSPS) is 11.7. The maximum Gasteiger partial charge on any atom is 0.347 e. The number of carboxylic acids is 1. The van der Waals surface area contributed by atoms with E-state index in [9.17, 15) is 4.79 Å². The second-order valence-electron chi connectivity index (χ2n) is 7.08. The number of carboxylic acid groups (broad SMARTS) is 1. The van der Waals surface area contributed by atoms with Gasteiger partial charge in [0.25, 0.3) is 0 Å². The Bertz CT molecular complexity index is 902. The number of benzene rings is 1. The van der Waals surface area contributed by atoms with Crippen LogP contribution < -0.4 is 0 Å². The van der Waals surface area contributed by atoms with Gasteiger partial charge < -0.3 is 5.11 Å². The molecule has 0 unspecified atom stereocenters. The van der Waals surface area contributed by atoms with E-state index in [0.717, 1.165) is 11.3 Å². The number of aromatic nitrogens is 3. The molecule has 0 radical (unpaired) electrons. The highest BCUT2D eigenvalue weighted by molar-refractivity contribution is 7.17. The summed E-state index contributed by atoms with van der Waals surface area (Å²) in [4.78, 5) is 15.7. The summed E-state index contributed by atoms with van der Waals surface area (Å²) in [6.45, 7) is 8.97. The van der Waals surface area contributed by atoms with Crippen LogP contribution in [-0.2, 0) is 12.0 Å². The predicted molar refractivity (Wildman–Crippen MR) is 99.3 cm³/mol. The number of hydrogen-bond donors (Lipinski definition) is 1. The first-order chi connectivity index (χ1) is 11.7. The Hall–Kier alpha value is -2.47. The van der Waals surface area contributed by atoms with Crippen molar-refractivity contribution in [2.45, 2.75) is 39.7 Å². The Morgan fingerprint density at radius 1 is 1.20 bits per heavy atom. The zero-order chi connectivity index (χ0) is 18.2. The smallest absolute Gasteiger partial charge is 0.347 e. The number of thiazole rings is 1. The van der Waals surface area contributed by atoms with E-state index in [2.05, 4.69) is 55.1 Å². The van der Waals surface area contributed by atoms with Crippen molar-refractivity contribution in [2.75, 3.05) is 0 Å². The molecule has 1 aromatic carbocycles. The van der Waals surface area contributed by atoms with Gasteiger partial charge in [0.05, 0.1) is 12.2 Å². The third kappa shape index (κ3) is 3.79. The van der Waals surface area contributed by atoms with E-state index >= 15 is 0 Å². The monoisotopic (exact) mass is 355 g/mol. The lowest BCUT2D eigenvalue weighted by molar-refractivity contribution is 0.0701. The lowest BCUT2D eigenvalue weighted by atomic mass is 9.87. The molecule has 6 heteroatoms. The number of hydrogen-bond acceptors (Lipinski definition) is 4. The van der Waals surface area contributed by atoms with Crippen molar-refractivity contribution < 1.29 is 9.90 Å². The third-order valence-electron chi connectivity index (χ3n) is 4.02. The maximum atomic E-state index is 11.2. The summed E-state index contributed by atoms with van der Waals surface area (Å²) < 4.78 is 1.85. The van der Waals surface area contributed by atoms with Crippen LogP contribution in [0, 0.1) is 6.92 Å². The summed E-state index contributed by atoms with van der Waals surface area (Å²) in [6.07, 6.45) is 1.89. The molecule has 0 spiro atoms. The molecule has 2 aromatic heterocycles. The Morgan fingerprint density at radius 3 is 2.44 bits per heavy atom. The van der Waals surface area contributed by atoms with Gasteiger partial charge in [0.2, 0.25) is 0 Å².